The molecule has 77 valence electrons. The first-order chi connectivity index (χ1) is 7.18. The number of rotatable bonds is 3. The van der Waals surface area contributed by atoms with Crippen molar-refractivity contribution in [3.8, 4) is 0 Å². The molecule has 1 N–H and O–H groups in total. The van der Waals surface area contributed by atoms with Gasteiger partial charge in [-0.3, -0.25) is 0 Å². The van der Waals surface area contributed by atoms with E-state index in [4.69, 9.17) is 0 Å². The van der Waals surface area contributed by atoms with Crippen LogP contribution in [0.25, 0.3) is 0 Å². The lowest BCUT2D eigenvalue weighted by Crippen LogP contribution is -2.34. The van der Waals surface area contributed by atoms with E-state index in [0.717, 1.165) is 5.56 Å². The second kappa shape index (κ2) is 4.03. The van der Waals surface area contributed by atoms with Gasteiger partial charge >= 0.3 is 0 Å². The SMILES string of the molecule is [CH2]C(O)(Cc1ccccc1)C1C=CC=C1. The Morgan fingerprint density at radius 2 is 1.73 bits per heavy atom. The highest BCUT2D eigenvalue weighted by Crippen LogP contribution is 2.26. The van der Waals surface area contributed by atoms with Gasteiger partial charge in [-0.15, -0.1) is 0 Å². The van der Waals surface area contributed by atoms with Crippen LogP contribution in [0.2, 0.25) is 0 Å². The minimum Gasteiger partial charge on any atom is -0.389 e. The summed E-state index contributed by atoms with van der Waals surface area (Å²) >= 11 is 0. The summed E-state index contributed by atoms with van der Waals surface area (Å²) in [5.74, 6) is 0.0257. The molecule has 0 saturated carbocycles. The summed E-state index contributed by atoms with van der Waals surface area (Å²) in [7, 11) is 0. The van der Waals surface area contributed by atoms with Gasteiger partial charge in [0.1, 0.15) is 0 Å². The van der Waals surface area contributed by atoms with E-state index < -0.39 is 5.60 Å². The van der Waals surface area contributed by atoms with Crippen LogP contribution in [0.1, 0.15) is 5.56 Å². The first-order valence-electron chi connectivity index (χ1n) is 5.15. The fourth-order valence-electron chi connectivity index (χ4n) is 1.86. The largest absolute Gasteiger partial charge is 0.389 e. The van der Waals surface area contributed by atoms with E-state index in [1.165, 1.54) is 0 Å². The van der Waals surface area contributed by atoms with Crippen molar-refractivity contribution in [2.24, 2.45) is 5.92 Å². The molecule has 1 heteroatoms. The van der Waals surface area contributed by atoms with Gasteiger partial charge in [-0.2, -0.15) is 0 Å². The van der Waals surface area contributed by atoms with E-state index in [9.17, 15) is 5.11 Å². The average molecular weight is 199 g/mol. The topological polar surface area (TPSA) is 20.2 Å². The molecule has 1 aromatic carbocycles. The van der Waals surface area contributed by atoms with Gasteiger partial charge in [-0.05, 0) is 12.5 Å². The van der Waals surface area contributed by atoms with Gasteiger partial charge in [0.05, 0.1) is 5.60 Å². The maximum Gasteiger partial charge on any atom is 0.0785 e. The molecule has 1 atom stereocenters. The number of allylic oxidation sites excluding steroid dienone is 2. The van der Waals surface area contributed by atoms with E-state index in [2.05, 4.69) is 6.92 Å². The van der Waals surface area contributed by atoms with Crippen LogP contribution in [0.15, 0.2) is 54.6 Å². The van der Waals surface area contributed by atoms with Gasteiger partial charge in [0.15, 0.2) is 0 Å². The molecule has 1 aliphatic carbocycles. The van der Waals surface area contributed by atoms with E-state index in [1.54, 1.807) is 0 Å². The number of hydrogen-bond donors (Lipinski definition) is 1. The highest BCUT2D eigenvalue weighted by Gasteiger charge is 2.29. The summed E-state index contributed by atoms with van der Waals surface area (Å²) in [6.07, 6.45) is 8.44. The van der Waals surface area contributed by atoms with Crippen molar-refractivity contribution < 1.29 is 5.11 Å². The van der Waals surface area contributed by atoms with Gasteiger partial charge in [0.25, 0.3) is 0 Å². The molecule has 0 saturated heterocycles. The van der Waals surface area contributed by atoms with Crippen LogP contribution >= 0.6 is 0 Å². The first kappa shape index (κ1) is 10.2. The van der Waals surface area contributed by atoms with Gasteiger partial charge in [0.2, 0.25) is 0 Å². The molecule has 1 radical (unpaired) electrons. The Kier molecular flexibility index (Phi) is 2.74. The lowest BCUT2D eigenvalue weighted by molar-refractivity contribution is 0.0632. The van der Waals surface area contributed by atoms with Crippen molar-refractivity contribution in [2.75, 3.05) is 0 Å². The number of hydrogen-bond acceptors (Lipinski definition) is 1. The Morgan fingerprint density at radius 1 is 1.13 bits per heavy atom. The third-order valence-corrected chi connectivity index (χ3v) is 2.72. The van der Waals surface area contributed by atoms with Crippen molar-refractivity contribution >= 4 is 0 Å². The summed E-state index contributed by atoms with van der Waals surface area (Å²) in [6, 6.07) is 9.95. The molecule has 0 aromatic heterocycles. The molecular weight excluding hydrogens is 184 g/mol. The smallest absolute Gasteiger partial charge is 0.0785 e. The molecule has 0 fully saturated rings. The fourth-order valence-corrected chi connectivity index (χ4v) is 1.86. The quantitative estimate of drug-likeness (QED) is 0.793. The van der Waals surface area contributed by atoms with Crippen LogP contribution in [-0.2, 0) is 6.42 Å². The van der Waals surface area contributed by atoms with Crippen molar-refractivity contribution in [1.29, 1.82) is 0 Å². The van der Waals surface area contributed by atoms with Gasteiger partial charge in [-0.25, -0.2) is 0 Å². The first-order valence-corrected chi connectivity index (χ1v) is 5.15. The second-order valence-corrected chi connectivity index (χ2v) is 4.06. The molecule has 0 spiro atoms. The lowest BCUT2D eigenvalue weighted by atomic mass is 9.85. The van der Waals surface area contributed by atoms with Crippen molar-refractivity contribution in [2.45, 2.75) is 12.0 Å². The average Bonchev–Trinajstić information content (AvgIpc) is 2.71. The molecule has 1 aliphatic rings. The molecule has 0 aliphatic heterocycles. The highest BCUT2D eigenvalue weighted by atomic mass is 16.3. The maximum absolute atomic E-state index is 10.3. The Balaban J connectivity index is 2.10. The van der Waals surface area contributed by atoms with E-state index in [1.807, 2.05) is 54.6 Å². The zero-order chi connectivity index (χ0) is 10.7. The number of aliphatic hydroxyl groups is 1. The molecule has 15 heavy (non-hydrogen) atoms. The molecular formula is C14H15O. The third-order valence-electron chi connectivity index (χ3n) is 2.72. The molecule has 0 amide bonds. The third kappa shape index (κ3) is 2.37. The minimum atomic E-state index is -0.940. The van der Waals surface area contributed by atoms with Crippen molar-refractivity contribution in [3.63, 3.8) is 0 Å². The fraction of sp³-hybridized carbons (Fsp3) is 0.214. The Morgan fingerprint density at radius 3 is 2.33 bits per heavy atom. The Labute approximate surface area is 90.8 Å². The second-order valence-electron chi connectivity index (χ2n) is 4.06. The predicted molar refractivity (Wildman–Crippen MR) is 62.2 cm³/mol. The number of benzene rings is 1. The summed E-state index contributed by atoms with van der Waals surface area (Å²) in [5.41, 5.74) is 0.175. The minimum absolute atomic E-state index is 0.0257. The summed E-state index contributed by atoms with van der Waals surface area (Å²) < 4.78 is 0. The summed E-state index contributed by atoms with van der Waals surface area (Å²) in [6.45, 7) is 3.90. The lowest BCUT2D eigenvalue weighted by Gasteiger charge is -2.27. The zero-order valence-electron chi connectivity index (χ0n) is 8.63. The Bertz CT molecular complexity index is 362. The van der Waals surface area contributed by atoms with Gasteiger partial charge < -0.3 is 5.11 Å². The van der Waals surface area contributed by atoms with Crippen LogP contribution in [0.3, 0.4) is 0 Å². The Hall–Kier alpha value is -1.34. The van der Waals surface area contributed by atoms with Crippen LogP contribution in [0, 0.1) is 12.8 Å². The summed E-state index contributed by atoms with van der Waals surface area (Å²) in [5, 5.41) is 10.3. The van der Waals surface area contributed by atoms with Gasteiger partial charge in [0, 0.05) is 12.3 Å². The van der Waals surface area contributed by atoms with Crippen LogP contribution in [0.4, 0.5) is 0 Å². The molecule has 0 heterocycles. The molecule has 1 unspecified atom stereocenters. The van der Waals surface area contributed by atoms with Crippen LogP contribution < -0.4 is 0 Å². The maximum atomic E-state index is 10.3. The normalized spacial score (nSPS) is 19.3. The molecule has 1 nitrogen and oxygen atoms in total. The zero-order valence-corrected chi connectivity index (χ0v) is 8.63. The van der Waals surface area contributed by atoms with E-state index >= 15 is 0 Å². The van der Waals surface area contributed by atoms with Crippen molar-refractivity contribution in [1.82, 2.24) is 0 Å². The van der Waals surface area contributed by atoms with E-state index in [-0.39, 0.29) is 5.92 Å². The standard InChI is InChI=1S/C14H15O/c1-14(15,13-9-5-6-10-13)11-12-7-3-2-4-8-12/h2-10,13,15H,1,11H2. The van der Waals surface area contributed by atoms with Gasteiger partial charge in [-0.1, -0.05) is 54.6 Å². The summed E-state index contributed by atoms with van der Waals surface area (Å²) in [4.78, 5) is 0. The van der Waals surface area contributed by atoms with Crippen LogP contribution in [-0.4, -0.2) is 10.7 Å². The monoisotopic (exact) mass is 199 g/mol. The van der Waals surface area contributed by atoms with Crippen LogP contribution in [0.5, 0.6) is 0 Å². The van der Waals surface area contributed by atoms with Crippen molar-refractivity contribution in [3.05, 3.63) is 67.1 Å². The molecule has 1 aromatic rings. The highest BCUT2D eigenvalue weighted by molar-refractivity contribution is 5.26. The molecule has 2 rings (SSSR count). The molecule has 0 bridgehead atoms. The predicted octanol–water partition coefficient (Wildman–Crippen LogP) is 2.54. The van der Waals surface area contributed by atoms with E-state index in [0.29, 0.717) is 6.42 Å².